The van der Waals surface area contributed by atoms with Crippen molar-refractivity contribution in [3.8, 4) is 0 Å². The minimum atomic E-state index is -0.0506. The van der Waals surface area contributed by atoms with Gasteiger partial charge >= 0.3 is 0 Å². The summed E-state index contributed by atoms with van der Waals surface area (Å²) in [5.41, 5.74) is 0.259. The highest BCUT2D eigenvalue weighted by Crippen LogP contribution is 2.61. The molecule has 2 amide bonds. The number of carbonyl (C=O) groups is 2. The first kappa shape index (κ1) is 17.8. The zero-order chi connectivity index (χ0) is 17.0. The van der Waals surface area contributed by atoms with Gasteiger partial charge in [0.2, 0.25) is 11.8 Å². The smallest absolute Gasteiger partial charge is 0.239 e. The van der Waals surface area contributed by atoms with Crippen LogP contribution in [0.2, 0.25) is 0 Å². The maximum atomic E-state index is 12.4. The van der Waals surface area contributed by atoms with E-state index in [0.717, 1.165) is 37.1 Å². The van der Waals surface area contributed by atoms with E-state index in [1.54, 1.807) is 0 Å². The molecule has 4 aliphatic rings. The molecule has 0 aromatic rings. The van der Waals surface area contributed by atoms with Gasteiger partial charge in [0.25, 0.3) is 0 Å². The minimum Gasteiger partial charge on any atom is -0.355 e. The topological polar surface area (TPSA) is 58.2 Å². The van der Waals surface area contributed by atoms with Crippen LogP contribution < -0.4 is 10.6 Å². The Morgan fingerprint density at radius 1 is 0.875 bits per heavy atom. The summed E-state index contributed by atoms with van der Waals surface area (Å²) in [4.78, 5) is 24.2. The Hall–Kier alpha value is -1.06. The molecule has 0 aromatic heterocycles. The highest BCUT2D eigenvalue weighted by Gasteiger charge is 2.51. The quantitative estimate of drug-likeness (QED) is 0.635. The summed E-state index contributed by atoms with van der Waals surface area (Å²) in [6.45, 7) is 3.04. The third kappa shape index (κ3) is 4.52. The molecule has 0 radical (unpaired) electrons. The van der Waals surface area contributed by atoms with Crippen LogP contribution in [0, 0.1) is 23.2 Å². The first-order valence-electron chi connectivity index (χ1n) is 10.1. The number of amides is 2. The second kappa shape index (κ2) is 7.88. The predicted octanol–water partition coefficient (Wildman–Crippen LogP) is 3.41. The summed E-state index contributed by atoms with van der Waals surface area (Å²) in [6, 6.07) is 0. The molecule has 0 spiro atoms. The summed E-state index contributed by atoms with van der Waals surface area (Å²) in [5, 5.41) is 5.76. The van der Waals surface area contributed by atoms with Crippen molar-refractivity contribution >= 4 is 11.8 Å². The molecule has 4 fully saturated rings. The Kier molecular flexibility index (Phi) is 5.83. The second-order valence-electron chi connectivity index (χ2n) is 8.78. The number of carbonyl (C=O) groups excluding carboxylic acids is 2. The molecule has 4 nitrogen and oxygen atoms in total. The zero-order valence-electron chi connectivity index (χ0n) is 15.2. The molecule has 136 valence electrons. The maximum absolute atomic E-state index is 12.4. The molecule has 4 aliphatic carbocycles. The van der Waals surface area contributed by atoms with Crippen molar-refractivity contribution in [1.29, 1.82) is 0 Å². The summed E-state index contributed by atoms with van der Waals surface area (Å²) < 4.78 is 0. The van der Waals surface area contributed by atoms with Gasteiger partial charge in [-0.3, -0.25) is 9.59 Å². The Balaban J connectivity index is 1.35. The predicted molar refractivity (Wildman–Crippen MR) is 95.4 cm³/mol. The molecule has 0 atom stereocenters. The van der Waals surface area contributed by atoms with Gasteiger partial charge in [0.15, 0.2) is 0 Å². The highest BCUT2D eigenvalue weighted by atomic mass is 16.2. The van der Waals surface area contributed by atoms with Crippen LogP contribution in [0.5, 0.6) is 0 Å². The van der Waals surface area contributed by atoms with Gasteiger partial charge in [0.05, 0.1) is 6.54 Å². The van der Waals surface area contributed by atoms with E-state index >= 15 is 0 Å². The third-order valence-electron chi connectivity index (χ3n) is 6.50. The number of unbranched alkanes of at least 4 members (excludes halogenated alkanes) is 3. The third-order valence-corrected chi connectivity index (χ3v) is 6.50. The van der Waals surface area contributed by atoms with Crippen LogP contribution in [0.15, 0.2) is 0 Å². The van der Waals surface area contributed by atoms with Crippen molar-refractivity contribution in [2.24, 2.45) is 23.2 Å². The van der Waals surface area contributed by atoms with Crippen molar-refractivity contribution in [2.75, 3.05) is 13.1 Å². The van der Waals surface area contributed by atoms with Crippen LogP contribution in [-0.2, 0) is 9.59 Å². The lowest BCUT2D eigenvalue weighted by Crippen LogP contribution is -2.48. The molecule has 0 heterocycles. The maximum Gasteiger partial charge on any atom is 0.239 e. The van der Waals surface area contributed by atoms with Crippen LogP contribution >= 0.6 is 0 Å². The minimum absolute atomic E-state index is 0.0506. The van der Waals surface area contributed by atoms with E-state index in [-0.39, 0.29) is 23.8 Å². The van der Waals surface area contributed by atoms with Gasteiger partial charge in [-0.05, 0) is 68.1 Å². The lowest BCUT2D eigenvalue weighted by Gasteiger charge is -2.56. The van der Waals surface area contributed by atoms with E-state index in [9.17, 15) is 9.59 Å². The summed E-state index contributed by atoms with van der Waals surface area (Å²) >= 11 is 0. The zero-order valence-corrected chi connectivity index (χ0v) is 15.2. The van der Waals surface area contributed by atoms with Crippen LogP contribution in [0.3, 0.4) is 0 Å². The largest absolute Gasteiger partial charge is 0.355 e. The van der Waals surface area contributed by atoms with E-state index in [1.807, 2.05) is 0 Å². The van der Waals surface area contributed by atoms with Gasteiger partial charge in [-0.25, -0.2) is 0 Å². The van der Waals surface area contributed by atoms with E-state index in [4.69, 9.17) is 0 Å². The fourth-order valence-corrected chi connectivity index (χ4v) is 5.93. The molecule has 4 saturated carbocycles. The van der Waals surface area contributed by atoms with Crippen molar-refractivity contribution in [3.63, 3.8) is 0 Å². The van der Waals surface area contributed by atoms with Crippen LogP contribution in [0.25, 0.3) is 0 Å². The first-order valence-corrected chi connectivity index (χ1v) is 10.1. The van der Waals surface area contributed by atoms with E-state index in [0.29, 0.717) is 6.42 Å². The number of hydrogen-bond donors (Lipinski definition) is 2. The lowest BCUT2D eigenvalue weighted by atomic mass is 9.49. The van der Waals surface area contributed by atoms with E-state index in [2.05, 4.69) is 17.6 Å². The first-order chi connectivity index (χ1) is 11.6. The highest BCUT2D eigenvalue weighted by molar-refractivity contribution is 5.84. The average molecular weight is 335 g/mol. The molecular formula is C20H34N2O2. The van der Waals surface area contributed by atoms with Crippen molar-refractivity contribution in [1.82, 2.24) is 10.6 Å². The molecule has 0 aromatic carbocycles. The van der Waals surface area contributed by atoms with Gasteiger partial charge in [-0.2, -0.15) is 0 Å². The molecule has 2 N–H and O–H groups in total. The monoisotopic (exact) mass is 334 g/mol. The molecule has 0 saturated heterocycles. The molecule has 4 bridgehead atoms. The summed E-state index contributed by atoms with van der Waals surface area (Å²) in [6.07, 6.45) is 13.2. The number of hydrogen-bond acceptors (Lipinski definition) is 2. The van der Waals surface area contributed by atoms with Crippen LogP contribution in [-0.4, -0.2) is 24.9 Å². The fraction of sp³-hybridized carbons (Fsp3) is 0.900. The fourth-order valence-electron chi connectivity index (χ4n) is 5.93. The number of rotatable bonds is 9. The number of nitrogens with one attached hydrogen (secondary N) is 2. The normalized spacial score (nSPS) is 33.5. The molecule has 24 heavy (non-hydrogen) atoms. The second-order valence-corrected chi connectivity index (χ2v) is 8.78. The standard InChI is InChI=1S/C20H34N2O2/c1-2-3-4-5-6-21-19(24)14-22-18(23)13-20-10-15-7-16(11-20)9-17(8-15)12-20/h15-17H,2-14H2,1H3,(H,21,24)(H,22,23). The molecule has 0 aliphatic heterocycles. The lowest BCUT2D eigenvalue weighted by molar-refractivity contribution is -0.131. The van der Waals surface area contributed by atoms with Crippen molar-refractivity contribution in [3.05, 3.63) is 0 Å². The molecule has 4 heteroatoms. The Morgan fingerprint density at radius 2 is 1.50 bits per heavy atom. The van der Waals surface area contributed by atoms with Crippen LogP contribution in [0.4, 0.5) is 0 Å². The van der Waals surface area contributed by atoms with Gasteiger partial charge in [0.1, 0.15) is 0 Å². The summed E-state index contributed by atoms with van der Waals surface area (Å²) in [7, 11) is 0. The Bertz CT molecular complexity index is 425. The molecule has 4 rings (SSSR count). The van der Waals surface area contributed by atoms with Gasteiger partial charge < -0.3 is 10.6 Å². The van der Waals surface area contributed by atoms with Gasteiger partial charge in [0, 0.05) is 13.0 Å². The van der Waals surface area contributed by atoms with Gasteiger partial charge in [-0.15, -0.1) is 0 Å². The average Bonchev–Trinajstić information content (AvgIpc) is 2.51. The Morgan fingerprint density at radius 3 is 2.08 bits per heavy atom. The SMILES string of the molecule is CCCCCCNC(=O)CNC(=O)CC12CC3CC(CC(C3)C1)C2. The molecule has 0 unspecified atom stereocenters. The summed E-state index contributed by atoms with van der Waals surface area (Å²) in [5.74, 6) is 2.64. The van der Waals surface area contributed by atoms with Crippen LogP contribution in [0.1, 0.15) is 77.6 Å². The van der Waals surface area contributed by atoms with Crippen molar-refractivity contribution < 1.29 is 9.59 Å². The Labute approximate surface area is 146 Å². The van der Waals surface area contributed by atoms with E-state index in [1.165, 1.54) is 51.4 Å². The molecular weight excluding hydrogens is 300 g/mol. The van der Waals surface area contributed by atoms with Crippen molar-refractivity contribution in [2.45, 2.75) is 77.6 Å². The van der Waals surface area contributed by atoms with Gasteiger partial charge in [-0.1, -0.05) is 26.2 Å². The van der Waals surface area contributed by atoms with E-state index < -0.39 is 0 Å².